The molecule has 1 aliphatic heterocycles. The van der Waals surface area contributed by atoms with Gasteiger partial charge in [0.25, 0.3) is 0 Å². The van der Waals surface area contributed by atoms with Crippen molar-refractivity contribution in [3.8, 4) is 0 Å². The Balaban J connectivity index is 1.93. The number of nitrogens with zero attached hydrogens (tertiary/aromatic N) is 2. The number of aliphatic carboxylic acids is 1. The van der Waals surface area contributed by atoms with E-state index in [1.165, 1.54) is 0 Å². The molecular formula is C14H19N3O3. The van der Waals surface area contributed by atoms with Crippen LogP contribution >= 0.6 is 0 Å². The topological polar surface area (TPSA) is 82.5 Å². The van der Waals surface area contributed by atoms with E-state index in [4.69, 9.17) is 5.11 Å². The zero-order valence-electron chi connectivity index (χ0n) is 11.5. The number of rotatable bonds is 3. The van der Waals surface area contributed by atoms with Crippen LogP contribution in [0.25, 0.3) is 0 Å². The van der Waals surface area contributed by atoms with E-state index in [0.29, 0.717) is 13.0 Å². The van der Waals surface area contributed by atoms with Crippen molar-refractivity contribution in [1.82, 2.24) is 15.2 Å². The van der Waals surface area contributed by atoms with Gasteiger partial charge in [0.05, 0.1) is 12.0 Å². The van der Waals surface area contributed by atoms with Gasteiger partial charge in [-0.05, 0) is 37.5 Å². The predicted octanol–water partition coefficient (Wildman–Crippen LogP) is 1.65. The maximum absolute atomic E-state index is 12.2. The zero-order valence-corrected chi connectivity index (χ0v) is 11.5. The van der Waals surface area contributed by atoms with Gasteiger partial charge in [-0.15, -0.1) is 0 Å². The fraction of sp³-hybridized carbons (Fsp3) is 0.500. The number of nitrogens with one attached hydrogen (secondary N) is 1. The molecule has 1 aromatic rings. The van der Waals surface area contributed by atoms with Crippen molar-refractivity contribution < 1.29 is 14.7 Å². The smallest absolute Gasteiger partial charge is 0.317 e. The first-order valence-corrected chi connectivity index (χ1v) is 6.76. The van der Waals surface area contributed by atoms with Crippen LogP contribution in [0.15, 0.2) is 24.5 Å². The Morgan fingerprint density at radius 1 is 1.45 bits per heavy atom. The van der Waals surface area contributed by atoms with Gasteiger partial charge in [0.2, 0.25) is 0 Å². The van der Waals surface area contributed by atoms with Gasteiger partial charge in [-0.1, -0.05) is 0 Å². The van der Waals surface area contributed by atoms with Gasteiger partial charge in [0.15, 0.2) is 0 Å². The highest BCUT2D eigenvalue weighted by atomic mass is 16.4. The van der Waals surface area contributed by atoms with E-state index in [1.54, 1.807) is 17.3 Å². The quantitative estimate of drug-likeness (QED) is 0.880. The summed E-state index contributed by atoms with van der Waals surface area (Å²) in [4.78, 5) is 28.7. The summed E-state index contributed by atoms with van der Waals surface area (Å²) in [5, 5.41) is 11.9. The minimum atomic E-state index is -0.829. The average molecular weight is 277 g/mol. The molecule has 1 aliphatic rings. The number of urea groups is 1. The molecule has 6 heteroatoms. The van der Waals surface area contributed by atoms with Crippen LogP contribution in [0.2, 0.25) is 0 Å². The van der Waals surface area contributed by atoms with Gasteiger partial charge in [-0.25, -0.2) is 4.79 Å². The van der Waals surface area contributed by atoms with Gasteiger partial charge in [-0.2, -0.15) is 0 Å². The van der Waals surface area contributed by atoms with E-state index < -0.39 is 11.9 Å². The molecule has 2 N–H and O–H groups in total. The molecule has 0 aliphatic carbocycles. The standard InChI is InChI=1S/C14H19N3O3/c1-10(11-4-6-15-7-5-11)16-14(20)17-8-2-3-12(9-17)13(18)19/h4-7,10,12H,2-3,8-9H2,1H3,(H,16,20)(H,18,19)/t10?,12-/m1/s1. The van der Waals surface area contributed by atoms with Crippen molar-refractivity contribution in [3.63, 3.8) is 0 Å². The highest BCUT2D eigenvalue weighted by Gasteiger charge is 2.28. The highest BCUT2D eigenvalue weighted by molar-refractivity contribution is 5.76. The first-order chi connectivity index (χ1) is 9.58. The van der Waals surface area contributed by atoms with Gasteiger partial charge in [0.1, 0.15) is 0 Å². The maximum Gasteiger partial charge on any atom is 0.317 e. The molecule has 0 saturated carbocycles. The van der Waals surface area contributed by atoms with Crippen molar-refractivity contribution in [2.24, 2.45) is 5.92 Å². The number of aromatic nitrogens is 1. The lowest BCUT2D eigenvalue weighted by Crippen LogP contribution is -2.47. The molecule has 6 nitrogen and oxygen atoms in total. The molecule has 0 bridgehead atoms. The van der Waals surface area contributed by atoms with Crippen LogP contribution in [0.3, 0.4) is 0 Å². The molecule has 2 rings (SSSR count). The number of piperidine rings is 1. The molecule has 1 saturated heterocycles. The number of carboxylic acids is 1. The van der Waals surface area contributed by atoms with E-state index in [0.717, 1.165) is 12.0 Å². The number of carbonyl (C=O) groups is 2. The number of carboxylic acid groups (broad SMARTS) is 1. The first-order valence-electron chi connectivity index (χ1n) is 6.76. The van der Waals surface area contributed by atoms with Crippen LogP contribution in [0, 0.1) is 5.92 Å². The number of hydrogen-bond donors (Lipinski definition) is 2. The van der Waals surface area contributed by atoms with E-state index in [9.17, 15) is 9.59 Å². The van der Waals surface area contributed by atoms with E-state index >= 15 is 0 Å². The lowest BCUT2D eigenvalue weighted by atomic mass is 9.98. The monoisotopic (exact) mass is 277 g/mol. The van der Waals surface area contributed by atoms with E-state index in [-0.39, 0.29) is 18.6 Å². The van der Waals surface area contributed by atoms with Crippen molar-refractivity contribution in [3.05, 3.63) is 30.1 Å². The van der Waals surface area contributed by atoms with Crippen LogP contribution in [0.4, 0.5) is 4.79 Å². The molecule has 2 atom stereocenters. The van der Waals surface area contributed by atoms with Crippen LogP contribution in [-0.4, -0.2) is 40.1 Å². The molecule has 1 fully saturated rings. The zero-order chi connectivity index (χ0) is 14.5. The molecule has 0 radical (unpaired) electrons. The van der Waals surface area contributed by atoms with E-state index in [2.05, 4.69) is 10.3 Å². The average Bonchev–Trinajstić information content (AvgIpc) is 2.48. The second-order valence-corrected chi connectivity index (χ2v) is 5.08. The summed E-state index contributed by atoms with van der Waals surface area (Å²) in [6.07, 6.45) is 4.73. The Hall–Kier alpha value is -2.11. The summed E-state index contributed by atoms with van der Waals surface area (Å²) in [6.45, 7) is 2.79. The van der Waals surface area contributed by atoms with E-state index in [1.807, 2.05) is 19.1 Å². The van der Waals surface area contributed by atoms with Crippen LogP contribution < -0.4 is 5.32 Å². The van der Waals surface area contributed by atoms with Crippen molar-refractivity contribution >= 4 is 12.0 Å². The lowest BCUT2D eigenvalue weighted by Gasteiger charge is -2.31. The van der Waals surface area contributed by atoms with Crippen molar-refractivity contribution in [2.75, 3.05) is 13.1 Å². The minimum absolute atomic E-state index is 0.129. The molecule has 20 heavy (non-hydrogen) atoms. The van der Waals surface area contributed by atoms with Gasteiger partial charge >= 0.3 is 12.0 Å². The molecule has 0 aromatic carbocycles. The first kappa shape index (κ1) is 14.3. The second-order valence-electron chi connectivity index (χ2n) is 5.08. The van der Waals surface area contributed by atoms with Gasteiger partial charge in [0, 0.05) is 25.5 Å². The Morgan fingerprint density at radius 3 is 2.80 bits per heavy atom. The van der Waals surface area contributed by atoms with Gasteiger partial charge < -0.3 is 15.3 Å². The Labute approximate surface area is 117 Å². The third-order valence-electron chi connectivity index (χ3n) is 3.60. The molecule has 2 amide bonds. The third-order valence-corrected chi connectivity index (χ3v) is 3.60. The molecule has 2 heterocycles. The summed E-state index contributed by atoms with van der Waals surface area (Å²) in [5.41, 5.74) is 0.972. The normalized spacial score (nSPS) is 20.2. The third kappa shape index (κ3) is 3.46. The number of amides is 2. The summed E-state index contributed by atoms with van der Waals surface area (Å²) in [6, 6.07) is 3.36. The SMILES string of the molecule is CC(NC(=O)N1CCC[C@@H](C(=O)O)C1)c1ccncc1. The largest absolute Gasteiger partial charge is 0.481 e. The number of carbonyl (C=O) groups excluding carboxylic acids is 1. The number of pyridine rings is 1. The molecular weight excluding hydrogens is 258 g/mol. The molecule has 1 unspecified atom stereocenters. The summed E-state index contributed by atoms with van der Waals surface area (Å²) in [5.74, 6) is -1.28. The molecule has 108 valence electrons. The molecule has 1 aromatic heterocycles. The fourth-order valence-corrected chi connectivity index (χ4v) is 2.38. The summed E-state index contributed by atoms with van der Waals surface area (Å²) in [7, 11) is 0. The van der Waals surface area contributed by atoms with Gasteiger partial charge in [-0.3, -0.25) is 9.78 Å². The second kappa shape index (κ2) is 6.36. The fourth-order valence-electron chi connectivity index (χ4n) is 2.38. The predicted molar refractivity (Wildman–Crippen MR) is 73.1 cm³/mol. The summed E-state index contributed by atoms with van der Waals surface area (Å²) < 4.78 is 0. The Morgan fingerprint density at radius 2 is 2.15 bits per heavy atom. The van der Waals surface area contributed by atoms with Crippen molar-refractivity contribution in [1.29, 1.82) is 0 Å². The van der Waals surface area contributed by atoms with Crippen LogP contribution in [0.1, 0.15) is 31.4 Å². The van der Waals surface area contributed by atoms with Crippen molar-refractivity contribution in [2.45, 2.75) is 25.8 Å². The van der Waals surface area contributed by atoms with Crippen LogP contribution in [0.5, 0.6) is 0 Å². The maximum atomic E-state index is 12.2. The lowest BCUT2D eigenvalue weighted by molar-refractivity contribution is -0.143. The summed E-state index contributed by atoms with van der Waals surface area (Å²) >= 11 is 0. The van der Waals surface area contributed by atoms with Crippen LogP contribution in [-0.2, 0) is 4.79 Å². The highest BCUT2D eigenvalue weighted by Crippen LogP contribution is 2.18. The Bertz CT molecular complexity index is 478. The Kier molecular flexibility index (Phi) is 4.55. The minimum Gasteiger partial charge on any atom is -0.481 e. The molecule has 0 spiro atoms. The number of hydrogen-bond acceptors (Lipinski definition) is 3. The number of likely N-dealkylation sites (tertiary alicyclic amines) is 1.